The van der Waals surface area contributed by atoms with Crippen LogP contribution in [0.4, 0.5) is 5.69 Å². The Hall–Kier alpha value is -1.52. The van der Waals surface area contributed by atoms with Crippen LogP contribution >= 0.6 is 0 Å². The Morgan fingerprint density at radius 1 is 1.21 bits per heavy atom. The first-order valence-electron chi connectivity index (χ1n) is 7.61. The van der Waals surface area contributed by atoms with Crippen molar-refractivity contribution in [2.75, 3.05) is 11.5 Å². The van der Waals surface area contributed by atoms with E-state index in [0.717, 1.165) is 6.07 Å². The second-order valence-electron chi connectivity index (χ2n) is 6.33. The van der Waals surface area contributed by atoms with Gasteiger partial charge in [-0.15, -0.1) is 0 Å². The fourth-order valence-electron chi connectivity index (χ4n) is 3.09. The summed E-state index contributed by atoms with van der Waals surface area (Å²) in [4.78, 5) is 10.2. The van der Waals surface area contributed by atoms with Crippen LogP contribution < -0.4 is 0 Å². The molecule has 1 atom stereocenters. The first kappa shape index (κ1) is 17.3. The minimum Gasteiger partial charge on any atom is -0.258 e. The lowest BCUT2D eigenvalue weighted by Gasteiger charge is -2.27. The first-order chi connectivity index (χ1) is 11.1. The largest absolute Gasteiger partial charge is 0.270 e. The van der Waals surface area contributed by atoms with Crippen LogP contribution in [0.3, 0.4) is 0 Å². The summed E-state index contributed by atoms with van der Waals surface area (Å²) in [6.07, 6.45) is 1.64. The fourth-order valence-corrected chi connectivity index (χ4v) is 7.04. The summed E-state index contributed by atoms with van der Waals surface area (Å²) in [5.41, 5.74) is 0.112. The van der Waals surface area contributed by atoms with E-state index in [-0.39, 0.29) is 34.6 Å². The molecule has 0 bridgehead atoms. The molecule has 1 saturated heterocycles. The Morgan fingerprint density at radius 3 is 2.38 bits per heavy atom. The summed E-state index contributed by atoms with van der Waals surface area (Å²) < 4.78 is 51.0. The monoisotopic (exact) mass is 374 g/mol. The Labute approximate surface area is 140 Å². The highest BCUT2D eigenvalue weighted by atomic mass is 32.2. The topological polar surface area (TPSA) is 115 Å². The highest BCUT2D eigenvalue weighted by Gasteiger charge is 2.46. The number of benzene rings is 1. The number of sulfonamides is 1. The van der Waals surface area contributed by atoms with Crippen molar-refractivity contribution in [2.45, 2.75) is 43.2 Å². The van der Waals surface area contributed by atoms with E-state index in [1.165, 1.54) is 16.4 Å². The number of nitrogens with zero attached hydrogens (tertiary/aromatic N) is 2. The minimum absolute atomic E-state index is 0.0235. The molecule has 2 fully saturated rings. The number of sulfone groups is 1. The van der Waals surface area contributed by atoms with E-state index in [1.54, 1.807) is 6.92 Å². The van der Waals surface area contributed by atoms with Gasteiger partial charge in [-0.1, -0.05) is 6.07 Å². The van der Waals surface area contributed by atoms with Gasteiger partial charge in [-0.05, 0) is 31.7 Å². The van der Waals surface area contributed by atoms with Gasteiger partial charge in [0.15, 0.2) is 9.84 Å². The van der Waals surface area contributed by atoms with E-state index in [2.05, 4.69) is 0 Å². The van der Waals surface area contributed by atoms with Gasteiger partial charge in [0.1, 0.15) is 0 Å². The molecule has 0 N–H and O–H groups in total. The van der Waals surface area contributed by atoms with Crippen LogP contribution in [0.2, 0.25) is 0 Å². The molecular weight excluding hydrogens is 356 g/mol. The minimum atomic E-state index is -3.99. The molecule has 132 valence electrons. The van der Waals surface area contributed by atoms with Crippen molar-refractivity contribution in [3.63, 3.8) is 0 Å². The van der Waals surface area contributed by atoms with Crippen molar-refractivity contribution < 1.29 is 21.8 Å². The molecule has 1 aliphatic carbocycles. The highest BCUT2D eigenvalue weighted by molar-refractivity contribution is 7.92. The zero-order valence-corrected chi connectivity index (χ0v) is 14.7. The van der Waals surface area contributed by atoms with Crippen LogP contribution in [0.15, 0.2) is 23.1 Å². The average Bonchev–Trinajstić information content (AvgIpc) is 3.22. The maximum Gasteiger partial charge on any atom is 0.270 e. The van der Waals surface area contributed by atoms with Crippen molar-refractivity contribution in [2.24, 2.45) is 0 Å². The molecule has 1 aromatic rings. The van der Waals surface area contributed by atoms with E-state index in [9.17, 15) is 26.9 Å². The van der Waals surface area contributed by atoms with Gasteiger partial charge < -0.3 is 0 Å². The van der Waals surface area contributed by atoms with Crippen molar-refractivity contribution in [3.8, 4) is 0 Å². The normalized spacial score (nSPS) is 23.5. The molecule has 24 heavy (non-hydrogen) atoms. The maximum absolute atomic E-state index is 13.1. The smallest absolute Gasteiger partial charge is 0.258 e. The highest BCUT2D eigenvalue weighted by Crippen LogP contribution is 2.38. The summed E-state index contributed by atoms with van der Waals surface area (Å²) in [6.45, 7) is 1.58. The van der Waals surface area contributed by atoms with Gasteiger partial charge >= 0.3 is 0 Å². The Kier molecular flexibility index (Phi) is 4.17. The summed E-state index contributed by atoms with van der Waals surface area (Å²) >= 11 is 0. The lowest BCUT2D eigenvalue weighted by molar-refractivity contribution is -0.385. The number of non-ortho nitro benzene ring substituents is 1. The molecule has 1 saturated carbocycles. The summed E-state index contributed by atoms with van der Waals surface area (Å²) in [5.74, 6) is -0.207. The Balaban J connectivity index is 2.05. The number of aryl methyl sites for hydroxylation is 1. The van der Waals surface area contributed by atoms with Crippen molar-refractivity contribution in [3.05, 3.63) is 33.9 Å². The fraction of sp³-hybridized carbons (Fsp3) is 0.571. The SMILES string of the molecule is Cc1ccc([N+](=O)[O-])cc1S(=O)(=O)N(C1CC1)C1CCS(=O)(=O)C1. The number of nitro benzene ring substituents is 1. The van der Waals surface area contributed by atoms with Crippen molar-refractivity contribution in [1.29, 1.82) is 0 Å². The van der Waals surface area contributed by atoms with E-state index < -0.39 is 30.8 Å². The molecule has 8 nitrogen and oxygen atoms in total. The molecule has 0 amide bonds. The molecule has 1 heterocycles. The number of nitro groups is 1. The van der Waals surface area contributed by atoms with Gasteiger partial charge in [0.25, 0.3) is 5.69 Å². The maximum atomic E-state index is 13.1. The lowest BCUT2D eigenvalue weighted by Crippen LogP contribution is -2.42. The van der Waals surface area contributed by atoms with Gasteiger partial charge in [0.2, 0.25) is 10.0 Å². The second kappa shape index (κ2) is 5.78. The zero-order chi connectivity index (χ0) is 17.7. The molecule has 1 unspecified atom stereocenters. The van der Waals surface area contributed by atoms with Gasteiger partial charge in [-0.25, -0.2) is 16.8 Å². The second-order valence-corrected chi connectivity index (χ2v) is 10.4. The third kappa shape index (κ3) is 3.17. The molecule has 0 radical (unpaired) electrons. The molecule has 2 aliphatic rings. The van der Waals surface area contributed by atoms with Gasteiger partial charge in [-0.3, -0.25) is 10.1 Å². The number of rotatable bonds is 5. The van der Waals surface area contributed by atoms with E-state index in [4.69, 9.17) is 0 Å². The van der Waals surface area contributed by atoms with Crippen molar-refractivity contribution in [1.82, 2.24) is 4.31 Å². The summed E-state index contributed by atoms with van der Waals surface area (Å²) in [7, 11) is -7.23. The van der Waals surface area contributed by atoms with Crippen molar-refractivity contribution >= 4 is 25.5 Å². The molecule has 10 heteroatoms. The van der Waals surface area contributed by atoms with Gasteiger partial charge in [-0.2, -0.15) is 4.31 Å². The van der Waals surface area contributed by atoms with Crippen LogP contribution in [-0.4, -0.2) is 49.7 Å². The zero-order valence-electron chi connectivity index (χ0n) is 13.1. The van der Waals surface area contributed by atoms with Crippen LogP contribution in [0.1, 0.15) is 24.8 Å². The summed E-state index contributed by atoms with van der Waals surface area (Å²) in [6, 6.07) is 2.92. The predicted octanol–water partition coefficient (Wildman–Crippen LogP) is 1.24. The van der Waals surface area contributed by atoms with Crippen LogP contribution in [0.25, 0.3) is 0 Å². The molecule has 1 aliphatic heterocycles. The molecule has 0 spiro atoms. The van der Waals surface area contributed by atoms with Crippen LogP contribution in [0.5, 0.6) is 0 Å². The quantitative estimate of drug-likeness (QED) is 0.566. The summed E-state index contributed by atoms with van der Waals surface area (Å²) in [5, 5.41) is 11.0. The molecular formula is C14H18N2O6S2. The predicted molar refractivity (Wildman–Crippen MR) is 86.9 cm³/mol. The lowest BCUT2D eigenvalue weighted by atomic mass is 10.2. The van der Waals surface area contributed by atoms with Gasteiger partial charge in [0, 0.05) is 24.2 Å². The number of hydrogen-bond donors (Lipinski definition) is 0. The number of hydrogen-bond acceptors (Lipinski definition) is 6. The molecule has 3 rings (SSSR count). The van der Waals surface area contributed by atoms with E-state index >= 15 is 0 Å². The third-order valence-electron chi connectivity index (χ3n) is 4.41. The Bertz CT molecular complexity index is 890. The molecule has 0 aromatic heterocycles. The van der Waals surface area contributed by atoms with Crippen LogP contribution in [-0.2, 0) is 19.9 Å². The third-order valence-corrected chi connectivity index (χ3v) is 8.31. The van der Waals surface area contributed by atoms with E-state index in [0.29, 0.717) is 18.4 Å². The molecule has 1 aromatic carbocycles. The average molecular weight is 374 g/mol. The Morgan fingerprint density at radius 2 is 1.88 bits per heavy atom. The standard InChI is InChI=1S/C14H18N2O6S2/c1-10-2-3-12(16(17)18)8-14(10)24(21,22)15(11-4-5-11)13-6-7-23(19,20)9-13/h2-3,8,11,13H,4-7,9H2,1H3. The first-order valence-corrected chi connectivity index (χ1v) is 10.9. The van der Waals surface area contributed by atoms with Gasteiger partial charge in [0.05, 0.1) is 21.3 Å². The van der Waals surface area contributed by atoms with E-state index in [1.807, 2.05) is 0 Å². The van der Waals surface area contributed by atoms with Crippen LogP contribution in [0, 0.1) is 17.0 Å².